The molecule has 5 nitrogen and oxygen atoms in total. The second kappa shape index (κ2) is 9.34. The van der Waals surface area contributed by atoms with E-state index in [1.54, 1.807) is 24.5 Å². The Labute approximate surface area is 127 Å². The zero-order valence-corrected chi connectivity index (χ0v) is 13.3. The minimum absolute atomic E-state index is 0.252. The van der Waals surface area contributed by atoms with Crippen LogP contribution >= 0.6 is 0 Å². The number of nitrogens with one attached hydrogen (secondary N) is 1. The van der Waals surface area contributed by atoms with E-state index in [4.69, 9.17) is 5.73 Å². The average molecular weight is 292 g/mol. The van der Waals surface area contributed by atoms with Crippen LogP contribution in [0.1, 0.15) is 51.7 Å². The zero-order valence-electron chi connectivity index (χ0n) is 13.3. The molecule has 21 heavy (non-hydrogen) atoms. The molecule has 0 saturated carbocycles. The lowest BCUT2D eigenvalue weighted by molar-refractivity contribution is 0.187. The van der Waals surface area contributed by atoms with Crippen LogP contribution in [0, 0.1) is 5.92 Å². The van der Waals surface area contributed by atoms with Crippen LogP contribution in [0.25, 0.3) is 0 Å². The first-order valence-corrected chi connectivity index (χ1v) is 7.63. The number of guanidine groups is 1. The number of rotatable bonds is 8. The van der Waals surface area contributed by atoms with E-state index in [0.29, 0.717) is 12.0 Å². The van der Waals surface area contributed by atoms with Gasteiger partial charge in [0.25, 0.3) is 0 Å². The van der Waals surface area contributed by atoms with Crippen LogP contribution in [-0.4, -0.2) is 28.6 Å². The first-order valence-electron chi connectivity index (χ1n) is 7.63. The highest BCUT2D eigenvalue weighted by Crippen LogP contribution is 2.11. The largest absolute Gasteiger partial charge is 0.386 e. The summed E-state index contributed by atoms with van der Waals surface area (Å²) in [6, 6.07) is 3.85. The number of nitrogens with zero attached hydrogens (tertiary/aromatic N) is 2. The number of hydrogen-bond acceptors (Lipinski definition) is 3. The van der Waals surface area contributed by atoms with Crippen LogP contribution < -0.4 is 11.1 Å². The Kier molecular flexibility index (Phi) is 7.75. The second-order valence-electron chi connectivity index (χ2n) is 5.89. The fourth-order valence-electron chi connectivity index (χ4n) is 2.08. The van der Waals surface area contributed by atoms with Crippen LogP contribution in [0.4, 0.5) is 0 Å². The Morgan fingerprint density at radius 3 is 2.57 bits per heavy atom. The highest BCUT2D eigenvalue weighted by Gasteiger charge is 2.07. The van der Waals surface area contributed by atoms with E-state index in [1.165, 1.54) is 12.8 Å². The van der Waals surface area contributed by atoms with Gasteiger partial charge in [-0.1, -0.05) is 26.7 Å². The predicted molar refractivity (Wildman–Crippen MR) is 87.0 cm³/mol. The van der Waals surface area contributed by atoms with Gasteiger partial charge in [0.2, 0.25) is 0 Å². The summed E-state index contributed by atoms with van der Waals surface area (Å²) in [5.41, 5.74) is 6.65. The molecular weight excluding hydrogens is 264 g/mol. The third-order valence-corrected chi connectivity index (χ3v) is 3.34. The van der Waals surface area contributed by atoms with Gasteiger partial charge in [-0.3, -0.25) is 9.98 Å². The number of aliphatic hydroxyl groups excluding tert-OH is 1. The molecule has 2 unspecified atom stereocenters. The molecule has 0 aliphatic heterocycles. The topological polar surface area (TPSA) is 83.5 Å². The Morgan fingerprint density at radius 2 is 1.95 bits per heavy atom. The van der Waals surface area contributed by atoms with Gasteiger partial charge in [-0.25, -0.2) is 0 Å². The molecule has 0 amide bonds. The summed E-state index contributed by atoms with van der Waals surface area (Å²) in [7, 11) is 0. The molecule has 4 N–H and O–H groups in total. The normalized spacial score (nSPS) is 15.0. The summed E-state index contributed by atoms with van der Waals surface area (Å²) < 4.78 is 0. The molecule has 1 aromatic rings. The first-order chi connectivity index (χ1) is 9.99. The molecule has 1 aromatic heterocycles. The maximum Gasteiger partial charge on any atom is 0.188 e. The molecule has 0 aliphatic carbocycles. The fourth-order valence-corrected chi connectivity index (χ4v) is 2.08. The molecule has 0 aromatic carbocycles. The van der Waals surface area contributed by atoms with Gasteiger partial charge in [0, 0.05) is 18.4 Å². The summed E-state index contributed by atoms with van der Waals surface area (Å²) in [4.78, 5) is 8.12. The number of nitrogens with two attached hydrogens (primary N) is 1. The van der Waals surface area contributed by atoms with Gasteiger partial charge < -0.3 is 16.2 Å². The molecule has 118 valence electrons. The molecular formula is C16H28N4O. The van der Waals surface area contributed by atoms with E-state index < -0.39 is 6.10 Å². The molecule has 0 fully saturated rings. The van der Waals surface area contributed by atoms with E-state index in [9.17, 15) is 5.11 Å². The van der Waals surface area contributed by atoms with Crippen molar-refractivity contribution in [3.63, 3.8) is 0 Å². The Hall–Kier alpha value is -1.62. The van der Waals surface area contributed by atoms with Crippen LogP contribution in [-0.2, 0) is 0 Å². The highest BCUT2D eigenvalue weighted by atomic mass is 16.3. The van der Waals surface area contributed by atoms with Gasteiger partial charge in [0.1, 0.15) is 0 Å². The monoisotopic (exact) mass is 292 g/mol. The Balaban J connectivity index is 2.32. The van der Waals surface area contributed by atoms with Crippen LogP contribution in [0.2, 0.25) is 0 Å². The number of aromatic nitrogens is 1. The van der Waals surface area contributed by atoms with E-state index in [-0.39, 0.29) is 6.54 Å². The SMILES string of the molecule is CC(C)CCCC(C)NC(N)=NCC(O)c1ccncc1. The molecule has 1 heterocycles. The van der Waals surface area contributed by atoms with Crippen molar-refractivity contribution in [3.8, 4) is 0 Å². The lowest BCUT2D eigenvalue weighted by Crippen LogP contribution is -2.38. The number of aliphatic imine (C=N–C) groups is 1. The number of pyridine rings is 1. The summed E-state index contributed by atoms with van der Waals surface area (Å²) >= 11 is 0. The van der Waals surface area contributed by atoms with Crippen molar-refractivity contribution in [2.45, 2.75) is 52.2 Å². The second-order valence-corrected chi connectivity index (χ2v) is 5.89. The maximum absolute atomic E-state index is 9.99. The molecule has 0 aliphatic rings. The third kappa shape index (κ3) is 7.66. The summed E-state index contributed by atoms with van der Waals surface area (Å²) in [6.07, 6.45) is 6.13. The van der Waals surface area contributed by atoms with Crippen molar-refractivity contribution in [3.05, 3.63) is 30.1 Å². The van der Waals surface area contributed by atoms with Crippen molar-refractivity contribution in [1.29, 1.82) is 0 Å². The number of hydrogen-bond donors (Lipinski definition) is 3. The summed E-state index contributed by atoms with van der Waals surface area (Å²) in [6.45, 7) is 6.81. The molecule has 0 saturated heterocycles. The predicted octanol–water partition coefficient (Wildman–Crippen LogP) is 2.23. The minimum atomic E-state index is -0.649. The van der Waals surface area contributed by atoms with E-state index >= 15 is 0 Å². The summed E-state index contributed by atoms with van der Waals surface area (Å²) in [5, 5.41) is 13.2. The van der Waals surface area contributed by atoms with Crippen molar-refractivity contribution in [1.82, 2.24) is 10.3 Å². The molecule has 2 atom stereocenters. The van der Waals surface area contributed by atoms with Crippen LogP contribution in [0.5, 0.6) is 0 Å². The standard InChI is InChI=1S/C16H28N4O/c1-12(2)5-4-6-13(3)20-16(17)19-11-15(21)14-7-9-18-10-8-14/h7-10,12-13,15,21H,4-6,11H2,1-3H3,(H3,17,19,20). The lowest BCUT2D eigenvalue weighted by Gasteiger charge is -2.15. The van der Waals surface area contributed by atoms with Crippen molar-refractivity contribution in [2.24, 2.45) is 16.6 Å². The average Bonchev–Trinajstić information content (AvgIpc) is 2.45. The van der Waals surface area contributed by atoms with Gasteiger partial charge >= 0.3 is 0 Å². The number of aliphatic hydroxyl groups is 1. The quantitative estimate of drug-likeness (QED) is 0.507. The van der Waals surface area contributed by atoms with Gasteiger partial charge in [-0.15, -0.1) is 0 Å². The molecule has 1 rings (SSSR count). The van der Waals surface area contributed by atoms with E-state index in [1.807, 2.05) is 0 Å². The maximum atomic E-state index is 9.99. The molecule has 5 heteroatoms. The minimum Gasteiger partial charge on any atom is -0.386 e. The van der Waals surface area contributed by atoms with Gasteiger partial charge in [0.15, 0.2) is 5.96 Å². The lowest BCUT2D eigenvalue weighted by atomic mass is 10.0. The van der Waals surface area contributed by atoms with Crippen molar-refractivity contribution >= 4 is 5.96 Å². The molecule has 0 radical (unpaired) electrons. The molecule has 0 spiro atoms. The van der Waals surface area contributed by atoms with Crippen molar-refractivity contribution in [2.75, 3.05) is 6.54 Å². The molecule has 0 bridgehead atoms. The van der Waals surface area contributed by atoms with E-state index in [0.717, 1.165) is 17.9 Å². The van der Waals surface area contributed by atoms with Crippen LogP contribution in [0.15, 0.2) is 29.5 Å². The Bertz CT molecular complexity index is 420. The fraction of sp³-hybridized carbons (Fsp3) is 0.625. The van der Waals surface area contributed by atoms with Crippen LogP contribution in [0.3, 0.4) is 0 Å². The van der Waals surface area contributed by atoms with Gasteiger partial charge in [-0.2, -0.15) is 0 Å². The third-order valence-electron chi connectivity index (χ3n) is 3.34. The van der Waals surface area contributed by atoms with Gasteiger partial charge in [0.05, 0.1) is 12.6 Å². The zero-order chi connectivity index (χ0) is 15.7. The van der Waals surface area contributed by atoms with Gasteiger partial charge in [-0.05, 0) is 37.0 Å². The smallest absolute Gasteiger partial charge is 0.188 e. The Morgan fingerprint density at radius 1 is 1.29 bits per heavy atom. The first kappa shape index (κ1) is 17.4. The van der Waals surface area contributed by atoms with Crippen molar-refractivity contribution < 1.29 is 5.11 Å². The van der Waals surface area contributed by atoms with E-state index in [2.05, 4.69) is 36.1 Å². The highest BCUT2D eigenvalue weighted by molar-refractivity contribution is 5.78. The summed E-state index contributed by atoms with van der Waals surface area (Å²) in [5.74, 6) is 1.12.